The number of methoxy groups -OCH3 is 1. The first-order chi connectivity index (χ1) is 10.3. The number of rotatable bonds is 3. The predicted molar refractivity (Wildman–Crippen MR) is 79.5 cm³/mol. The van der Waals surface area contributed by atoms with Gasteiger partial charge in [-0.15, -0.1) is 0 Å². The lowest BCUT2D eigenvalue weighted by Crippen LogP contribution is -2.40. The number of piperidine rings is 1. The van der Waals surface area contributed by atoms with Crippen LogP contribution in [0, 0.1) is 0 Å². The zero-order chi connectivity index (χ0) is 14.7. The molecule has 1 saturated heterocycles. The zero-order valence-electron chi connectivity index (χ0n) is 12.1. The summed E-state index contributed by atoms with van der Waals surface area (Å²) in [6.45, 7) is 1.49. The van der Waals surface area contributed by atoms with Gasteiger partial charge in [-0.1, -0.05) is 18.2 Å². The SMILES string of the molecule is COC1CCN(C(=O)c2cnn(-c3ccccc3)c2)CC1. The van der Waals surface area contributed by atoms with Crippen molar-refractivity contribution in [3.05, 3.63) is 48.3 Å². The molecule has 0 spiro atoms. The van der Waals surface area contributed by atoms with Crippen LogP contribution in [0.5, 0.6) is 0 Å². The van der Waals surface area contributed by atoms with Gasteiger partial charge < -0.3 is 9.64 Å². The third kappa shape index (κ3) is 2.97. The van der Waals surface area contributed by atoms with E-state index < -0.39 is 0 Å². The Morgan fingerprint density at radius 1 is 1.24 bits per heavy atom. The minimum atomic E-state index is 0.0479. The fourth-order valence-electron chi connectivity index (χ4n) is 2.63. The number of likely N-dealkylation sites (tertiary alicyclic amines) is 1. The number of hydrogen-bond donors (Lipinski definition) is 0. The van der Waals surface area contributed by atoms with E-state index in [1.807, 2.05) is 35.2 Å². The second-order valence-electron chi connectivity index (χ2n) is 5.24. The molecule has 0 unspecified atom stereocenters. The number of ether oxygens (including phenoxy) is 1. The quantitative estimate of drug-likeness (QED) is 0.868. The number of nitrogens with zero attached hydrogens (tertiary/aromatic N) is 3. The second-order valence-corrected chi connectivity index (χ2v) is 5.24. The third-order valence-electron chi connectivity index (χ3n) is 3.91. The molecular formula is C16H19N3O2. The van der Waals surface area contributed by atoms with Gasteiger partial charge in [0.15, 0.2) is 0 Å². The first kappa shape index (κ1) is 13.8. The van der Waals surface area contributed by atoms with Crippen LogP contribution in [-0.4, -0.2) is 46.9 Å². The van der Waals surface area contributed by atoms with Crippen molar-refractivity contribution in [2.75, 3.05) is 20.2 Å². The molecule has 0 atom stereocenters. The molecule has 2 heterocycles. The topological polar surface area (TPSA) is 47.4 Å². The molecule has 0 bridgehead atoms. The first-order valence-corrected chi connectivity index (χ1v) is 7.20. The highest BCUT2D eigenvalue weighted by molar-refractivity contribution is 5.93. The number of carbonyl (C=O) groups is 1. The van der Waals surface area contributed by atoms with E-state index in [-0.39, 0.29) is 12.0 Å². The Hall–Kier alpha value is -2.14. The van der Waals surface area contributed by atoms with Crippen molar-refractivity contribution in [1.29, 1.82) is 0 Å². The Balaban J connectivity index is 1.70. The van der Waals surface area contributed by atoms with Crippen molar-refractivity contribution < 1.29 is 9.53 Å². The van der Waals surface area contributed by atoms with Crippen molar-refractivity contribution in [2.45, 2.75) is 18.9 Å². The highest BCUT2D eigenvalue weighted by Crippen LogP contribution is 2.16. The lowest BCUT2D eigenvalue weighted by atomic mass is 10.1. The van der Waals surface area contributed by atoms with E-state index in [2.05, 4.69) is 5.10 Å². The number of hydrogen-bond acceptors (Lipinski definition) is 3. The molecular weight excluding hydrogens is 266 g/mol. The molecule has 2 aromatic rings. The van der Waals surface area contributed by atoms with Crippen LogP contribution in [0.4, 0.5) is 0 Å². The maximum Gasteiger partial charge on any atom is 0.257 e. The van der Waals surface area contributed by atoms with Crippen molar-refractivity contribution in [3.63, 3.8) is 0 Å². The van der Waals surface area contributed by atoms with Crippen molar-refractivity contribution in [1.82, 2.24) is 14.7 Å². The third-order valence-corrected chi connectivity index (χ3v) is 3.91. The zero-order valence-corrected chi connectivity index (χ0v) is 12.1. The van der Waals surface area contributed by atoms with Crippen molar-refractivity contribution >= 4 is 5.91 Å². The Kier molecular flexibility index (Phi) is 4.01. The number of amides is 1. The van der Waals surface area contributed by atoms with Crippen LogP contribution in [0.3, 0.4) is 0 Å². The van der Waals surface area contributed by atoms with Gasteiger partial charge in [0.05, 0.1) is 23.6 Å². The van der Waals surface area contributed by atoms with Crippen LogP contribution in [0.2, 0.25) is 0 Å². The molecule has 5 nitrogen and oxygen atoms in total. The molecule has 5 heteroatoms. The predicted octanol–water partition coefficient (Wildman–Crippen LogP) is 2.12. The molecule has 1 aromatic heterocycles. The van der Waals surface area contributed by atoms with Gasteiger partial charge in [0.25, 0.3) is 5.91 Å². The van der Waals surface area contributed by atoms with Gasteiger partial charge in [0.2, 0.25) is 0 Å². The summed E-state index contributed by atoms with van der Waals surface area (Å²) in [5, 5.41) is 4.28. The first-order valence-electron chi connectivity index (χ1n) is 7.20. The molecule has 0 N–H and O–H groups in total. The van der Waals surface area contributed by atoms with E-state index in [0.29, 0.717) is 5.56 Å². The standard InChI is InChI=1S/C16H19N3O2/c1-21-15-7-9-18(10-8-15)16(20)13-11-17-19(12-13)14-5-3-2-4-6-14/h2-6,11-12,15H,7-10H2,1H3. The van der Waals surface area contributed by atoms with Gasteiger partial charge in [-0.2, -0.15) is 5.10 Å². The highest BCUT2D eigenvalue weighted by Gasteiger charge is 2.24. The van der Waals surface area contributed by atoms with Gasteiger partial charge in [0.1, 0.15) is 0 Å². The minimum absolute atomic E-state index is 0.0479. The molecule has 0 aliphatic carbocycles. The van der Waals surface area contributed by atoms with Crippen LogP contribution < -0.4 is 0 Å². The average molecular weight is 285 g/mol. The fraction of sp³-hybridized carbons (Fsp3) is 0.375. The van der Waals surface area contributed by atoms with E-state index in [9.17, 15) is 4.79 Å². The Labute approximate surface area is 124 Å². The summed E-state index contributed by atoms with van der Waals surface area (Å²) >= 11 is 0. The van der Waals surface area contributed by atoms with Gasteiger partial charge in [-0.25, -0.2) is 4.68 Å². The molecule has 110 valence electrons. The van der Waals surface area contributed by atoms with Gasteiger partial charge in [-0.05, 0) is 25.0 Å². The van der Waals surface area contributed by atoms with Gasteiger partial charge in [0, 0.05) is 26.4 Å². The van der Waals surface area contributed by atoms with Crippen molar-refractivity contribution in [2.24, 2.45) is 0 Å². The van der Waals surface area contributed by atoms with Gasteiger partial charge in [-0.3, -0.25) is 4.79 Å². The molecule has 1 amide bonds. The van der Waals surface area contributed by atoms with E-state index in [1.54, 1.807) is 24.2 Å². The van der Waals surface area contributed by atoms with Crippen LogP contribution >= 0.6 is 0 Å². The number of para-hydroxylation sites is 1. The Morgan fingerprint density at radius 2 is 1.95 bits per heavy atom. The van der Waals surface area contributed by atoms with E-state index in [4.69, 9.17) is 4.74 Å². The summed E-state index contributed by atoms with van der Waals surface area (Å²) < 4.78 is 7.06. The summed E-state index contributed by atoms with van der Waals surface area (Å²) in [5.74, 6) is 0.0479. The molecule has 1 aromatic carbocycles. The molecule has 3 rings (SSSR count). The lowest BCUT2D eigenvalue weighted by molar-refractivity contribution is 0.0351. The van der Waals surface area contributed by atoms with Crippen LogP contribution in [-0.2, 0) is 4.74 Å². The summed E-state index contributed by atoms with van der Waals surface area (Å²) in [7, 11) is 1.73. The van der Waals surface area contributed by atoms with Crippen LogP contribution in [0.15, 0.2) is 42.7 Å². The van der Waals surface area contributed by atoms with Crippen LogP contribution in [0.25, 0.3) is 5.69 Å². The number of carbonyl (C=O) groups excluding carboxylic acids is 1. The maximum absolute atomic E-state index is 12.5. The molecule has 0 saturated carbocycles. The Bertz CT molecular complexity index is 601. The second kappa shape index (κ2) is 6.10. The molecule has 1 aliphatic heterocycles. The summed E-state index contributed by atoms with van der Waals surface area (Å²) in [4.78, 5) is 14.3. The minimum Gasteiger partial charge on any atom is -0.381 e. The summed E-state index contributed by atoms with van der Waals surface area (Å²) in [6.07, 6.45) is 5.50. The maximum atomic E-state index is 12.5. The Morgan fingerprint density at radius 3 is 2.62 bits per heavy atom. The number of benzene rings is 1. The van der Waals surface area contributed by atoms with E-state index in [0.717, 1.165) is 31.6 Å². The smallest absolute Gasteiger partial charge is 0.257 e. The van der Waals surface area contributed by atoms with Crippen molar-refractivity contribution in [3.8, 4) is 5.69 Å². The highest BCUT2D eigenvalue weighted by atomic mass is 16.5. The normalized spacial score (nSPS) is 16.1. The monoisotopic (exact) mass is 285 g/mol. The average Bonchev–Trinajstić information content (AvgIpc) is 3.05. The molecule has 21 heavy (non-hydrogen) atoms. The summed E-state index contributed by atoms with van der Waals surface area (Å²) in [6, 6.07) is 9.79. The molecule has 0 radical (unpaired) electrons. The summed E-state index contributed by atoms with van der Waals surface area (Å²) in [5.41, 5.74) is 1.59. The van der Waals surface area contributed by atoms with E-state index >= 15 is 0 Å². The molecule has 1 aliphatic rings. The van der Waals surface area contributed by atoms with Gasteiger partial charge >= 0.3 is 0 Å². The van der Waals surface area contributed by atoms with Crippen LogP contribution in [0.1, 0.15) is 23.2 Å². The number of aromatic nitrogens is 2. The lowest BCUT2D eigenvalue weighted by Gasteiger charge is -2.30. The molecule has 1 fully saturated rings. The largest absolute Gasteiger partial charge is 0.381 e. The fourth-order valence-corrected chi connectivity index (χ4v) is 2.63. The van der Waals surface area contributed by atoms with E-state index in [1.165, 1.54) is 0 Å².